The van der Waals surface area contributed by atoms with Gasteiger partial charge in [0, 0.05) is 25.3 Å². The SMILES string of the molecule is COC(=O)c1ccc(C(=O)NC(=S)Nc2ccc(S(=O)(=O)N(C)C)cc2)cc1. The quantitative estimate of drug-likeness (QED) is 0.561. The number of rotatable bonds is 5. The van der Waals surface area contributed by atoms with Crippen molar-refractivity contribution in [3.05, 3.63) is 59.7 Å². The van der Waals surface area contributed by atoms with Gasteiger partial charge in [0.05, 0.1) is 17.6 Å². The van der Waals surface area contributed by atoms with E-state index in [0.29, 0.717) is 16.8 Å². The van der Waals surface area contributed by atoms with Crippen LogP contribution < -0.4 is 10.6 Å². The second-order valence-corrected chi connectivity index (χ2v) is 8.35. The van der Waals surface area contributed by atoms with Gasteiger partial charge in [0.15, 0.2) is 5.11 Å². The van der Waals surface area contributed by atoms with E-state index in [-0.39, 0.29) is 10.0 Å². The molecular weight excluding hydrogens is 402 g/mol. The lowest BCUT2D eigenvalue weighted by atomic mass is 10.1. The van der Waals surface area contributed by atoms with Crippen LogP contribution in [0.25, 0.3) is 0 Å². The second-order valence-electron chi connectivity index (χ2n) is 5.79. The number of thiocarbonyl (C=S) groups is 1. The molecule has 0 bridgehead atoms. The first kappa shape index (κ1) is 21.5. The highest BCUT2D eigenvalue weighted by Crippen LogP contribution is 2.16. The van der Waals surface area contributed by atoms with Gasteiger partial charge in [0.25, 0.3) is 5.91 Å². The summed E-state index contributed by atoms with van der Waals surface area (Å²) in [5.41, 5.74) is 1.15. The predicted octanol–water partition coefficient (Wildman–Crippen LogP) is 1.85. The van der Waals surface area contributed by atoms with Gasteiger partial charge in [-0.3, -0.25) is 10.1 Å². The fourth-order valence-electron chi connectivity index (χ4n) is 2.13. The predicted molar refractivity (Wildman–Crippen MR) is 109 cm³/mol. The van der Waals surface area contributed by atoms with E-state index in [1.807, 2.05) is 0 Å². The van der Waals surface area contributed by atoms with E-state index in [0.717, 1.165) is 4.31 Å². The molecule has 0 aromatic heterocycles. The summed E-state index contributed by atoms with van der Waals surface area (Å²) in [6.45, 7) is 0. The van der Waals surface area contributed by atoms with Crippen molar-refractivity contribution in [2.24, 2.45) is 0 Å². The first-order valence-corrected chi connectivity index (χ1v) is 9.83. The topological polar surface area (TPSA) is 105 Å². The highest BCUT2D eigenvalue weighted by molar-refractivity contribution is 7.89. The Balaban J connectivity index is 2.00. The number of anilines is 1. The standard InChI is InChI=1S/C18H19N3O5S2/c1-21(2)28(24,25)15-10-8-14(9-11-15)19-18(27)20-16(22)12-4-6-13(7-5-12)17(23)26-3/h4-11H,1-3H3,(H2,19,20,22,27). The van der Waals surface area contributed by atoms with Gasteiger partial charge in [-0.15, -0.1) is 0 Å². The number of ether oxygens (including phenoxy) is 1. The number of sulfonamides is 1. The number of hydrogen-bond acceptors (Lipinski definition) is 6. The van der Waals surface area contributed by atoms with E-state index in [4.69, 9.17) is 12.2 Å². The number of carbonyl (C=O) groups excluding carboxylic acids is 2. The number of esters is 1. The van der Waals surface area contributed by atoms with Crippen molar-refractivity contribution in [2.45, 2.75) is 4.90 Å². The maximum Gasteiger partial charge on any atom is 0.337 e. The molecule has 2 aromatic rings. The molecule has 0 radical (unpaired) electrons. The highest BCUT2D eigenvalue weighted by Gasteiger charge is 2.17. The first-order chi connectivity index (χ1) is 13.1. The Labute approximate surface area is 168 Å². The van der Waals surface area contributed by atoms with Crippen molar-refractivity contribution in [3.8, 4) is 0 Å². The Hall–Kier alpha value is -2.82. The van der Waals surface area contributed by atoms with Crippen LogP contribution in [-0.4, -0.2) is 50.9 Å². The minimum Gasteiger partial charge on any atom is -0.465 e. The zero-order valence-corrected chi connectivity index (χ0v) is 17.1. The van der Waals surface area contributed by atoms with Gasteiger partial charge in [0.2, 0.25) is 10.0 Å². The zero-order chi connectivity index (χ0) is 20.9. The van der Waals surface area contributed by atoms with Crippen molar-refractivity contribution in [1.29, 1.82) is 0 Å². The van der Waals surface area contributed by atoms with Crippen LogP contribution in [-0.2, 0) is 14.8 Å². The molecule has 0 aliphatic rings. The molecule has 2 N–H and O–H groups in total. The van der Waals surface area contributed by atoms with Gasteiger partial charge >= 0.3 is 5.97 Å². The molecule has 1 amide bonds. The third-order valence-corrected chi connectivity index (χ3v) is 5.72. The third-order valence-electron chi connectivity index (χ3n) is 3.69. The molecule has 0 atom stereocenters. The Morgan fingerprint density at radius 2 is 1.50 bits per heavy atom. The normalized spacial score (nSPS) is 11.0. The Morgan fingerprint density at radius 3 is 2.00 bits per heavy atom. The molecule has 2 rings (SSSR count). The summed E-state index contributed by atoms with van der Waals surface area (Å²) in [6, 6.07) is 11.9. The van der Waals surface area contributed by atoms with Crippen LogP contribution in [0.4, 0.5) is 5.69 Å². The van der Waals surface area contributed by atoms with Crippen molar-refractivity contribution >= 4 is 44.9 Å². The highest BCUT2D eigenvalue weighted by atomic mass is 32.2. The minimum atomic E-state index is -3.52. The largest absolute Gasteiger partial charge is 0.465 e. The number of carbonyl (C=O) groups is 2. The van der Waals surface area contributed by atoms with Crippen LogP contribution in [0.1, 0.15) is 20.7 Å². The molecule has 10 heteroatoms. The Kier molecular flexibility index (Phi) is 6.84. The molecule has 0 heterocycles. The van der Waals surface area contributed by atoms with E-state index >= 15 is 0 Å². The molecule has 0 aliphatic carbocycles. The molecule has 8 nitrogen and oxygen atoms in total. The van der Waals surface area contributed by atoms with Gasteiger partial charge in [-0.25, -0.2) is 17.5 Å². The summed E-state index contributed by atoms with van der Waals surface area (Å²) in [7, 11) is 0.651. The minimum absolute atomic E-state index is 0.0465. The van der Waals surface area contributed by atoms with Crippen LogP contribution in [0.3, 0.4) is 0 Å². The number of nitrogens with zero attached hydrogens (tertiary/aromatic N) is 1. The molecule has 0 saturated heterocycles. The first-order valence-electron chi connectivity index (χ1n) is 7.98. The molecule has 0 unspecified atom stereocenters. The molecule has 0 saturated carbocycles. The number of hydrogen-bond donors (Lipinski definition) is 2. The van der Waals surface area contributed by atoms with Gasteiger partial charge in [-0.05, 0) is 60.7 Å². The van der Waals surface area contributed by atoms with Crippen molar-refractivity contribution in [1.82, 2.24) is 9.62 Å². The van der Waals surface area contributed by atoms with Crippen LogP contribution in [0.5, 0.6) is 0 Å². The van der Waals surface area contributed by atoms with Crippen LogP contribution in [0.2, 0.25) is 0 Å². The molecule has 148 valence electrons. The van der Waals surface area contributed by atoms with Crippen molar-refractivity contribution < 1.29 is 22.7 Å². The average molecular weight is 422 g/mol. The van der Waals surface area contributed by atoms with Gasteiger partial charge < -0.3 is 10.1 Å². The summed E-state index contributed by atoms with van der Waals surface area (Å²) in [4.78, 5) is 23.8. The van der Waals surface area contributed by atoms with E-state index in [1.54, 1.807) is 12.1 Å². The van der Waals surface area contributed by atoms with Crippen molar-refractivity contribution in [2.75, 3.05) is 26.5 Å². The lowest BCUT2D eigenvalue weighted by Gasteiger charge is -2.13. The summed E-state index contributed by atoms with van der Waals surface area (Å²) >= 11 is 5.10. The Morgan fingerprint density at radius 1 is 0.964 bits per heavy atom. The average Bonchev–Trinajstić information content (AvgIpc) is 2.67. The summed E-state index contributed by atoms with van der Waals surface area (Å²) in [6.07, 6.45) is 0. The third kappa shape index (κ3) is 5.12. The summed E-state index contributed by atoms with van der Waals surface area (Å²) in [5, 5.41) is 5.36. The number of benzene rings is 2. The zero-order valence-electron chi connectivity index (χ0n) is 15.4. The molecular formula is C18H19N3O5S2. The molecule has 0 spiro atoms. The van der Waals surface area contributed by atoms with E-state index in [9.17, 15) is 18.0 Å². The molecule has 28 heavy (non-hydrogen) atoms. The number of nitrogens with one attached hydrogen (secondary N) is 2. The fourth-order valence-corrected chi connectivity index (χ4v) is 3.25. The number of amides is 1. The lowest BCUT2D eigenvalue weighted by Crippen LogP contribution is -2.34. The second kappa shape index (κ2) is 8.91. The van der Waals surface area contributed by atoms with Crippen LogP contribution in [0.15, 0.2) is 53.4 Å². The smallest absolute Gasteiger partial charge is 0.337 e. The maximum atomic E-state index is 12.2. The number of methoxy groups -OCH3 is 1. The molecule has 2 aromatic carbocycles. The Bertz CT molecular complexity index is 985. The van der Waals surface area contributed by atoms with Crippen molar-refractivity contribution in [3.63, 3.8) is 0 Å². The summed E-state index contributed by atoms with van der Waals surface area (Å²) in [5.74, 6) is -0.954. The van der Waals surface area contributed by atoms with Gasteiger partial charge in [-0.2, -0.15) is 0 Å². The van der Waals surface area contributed by atoms with E-state index in [2.05, 4.69) is 15.4 Å². The van der Waals surface area contributed by atoms with E-state index in [1.165, 1.54) is 57.6 Å². The van der Waals surface area contributed by atoms with Gasteiger partial charge in [0.1, 0.15) is 0 Å². The van der Waals surface area contributed by atoms with E-state index < -0.39 is 21.9 Å². The van der Waals surface area contributed by atoms with Gasteiger partial charge in [-0.1, -0.05) is 0 Å². The lowest BCUT2D eigenvalue weighted by molar-refractivity contribution is 0.0600. The molecule has 0 aliphatic heterocycles. The fraction of sp³-hybridized carbons (Fsp3) is 0.167. The van der Waals surface area contributed by atoms with Crippen LogP contribution >= 0.6 is 12.2 Å². The molecule has 0 fully saturated rings. The summed E-state index contributed by atoms with van der Waals surface area (Å²) < 4.78 is 29.8. The monoisotopic (exact) mass is 421 g/mol. The maximum absolute atomic E-state index is 12.2. The van der Waals surface area contributed by atoms with Crippen LogP contribution in [0, 0.1) is 0 Å².